The van der Waals surface area contributed by atoms with E-state index in [4.69, 9.17) is 9.47 Å². The van der Waals surface area contributed by atoms with Gasteiger partial charge in [-0.3, -0.25) is 4.79 Å². The molecule has 0 aliphatic carbocycles. The van der Waals surface area contributed by atoms with E-state index in [9.17, 15) is 13.6 Å². The van der Waals surface area contributed by atoms with Gasteiger partial charge >= 0.3 is 0 Å². The highest BCUT2D eigenvalue weighted by molar-refractivity contribution is 5.95. The van der Waals surface area contributed by atoms with Crippen molar-refractivity contribution in [1.82, 2.24) is 10.9 Å². The Morgan fingerprint density at radius 2 is 1.81 bits per heavy atom. The van der Waals surface area contributed by atoms with Gasteiger partial charge in [-0.2, -0.15) is 0 Å². The maximum atomic E-state index is 13.2. The lowest BCUT2D eigenvalue weighted by atomic mass is 10.0. The van der Waals surface area contributed by atoms with Crippen LogP contribution in [0.3, 0.4) is 0 Å². The molecule has 6 nitrogen and oxygen atoms in total. The van der Waals surface area contributed by atoms with Crippen LogP contribution in [0.1, 0.15) is 18.0 Å². The van der Waals surface area contributed by atoms with Gasteiger partial charge in [-0.05, 0) is 24.6 Å². The topological polar surface area (TPSA) is 71.6 Å². The third kappa shape index (κ3) is 3.92. The first kappa shape index (κ1) is 18.1. The normalized spacial score (nSPS) is 19.2. The summed E-state index contributed by atoms with van der Waals surface area (Å²) in [5.74, 6) is -0.592. The summed E-state index contributed by atoms with van der Waals surface area (Å²) < 4.78 is 37.0. The van der Waals surface area contributed by atoms with Gasteiger partial charge in [0.2, 0.25) is 5.91 Å². The molecule has 1 amide bonds. The van der Waals surface area contributed by atoms with Gasteiger partial charge in [-0.15, -0.1) is 0 Å². The standard InChI is InChI=1S/C18H19F2N3O3/c1-25-13-3-4-14(17(8-13)26-2)15-9-16(23-22-15)18(24)21-12-6-10(19)5-11(20)7-12/h3-8,15-16,22-23H,9H2,1-2H3,(H,21,24). The molecule has 3 rings (SSSR count). The molecule has 1 aliphatic heterocycles. The second-order valence-corrected chi connectivity index (χ2v) is 5.88. The van der Waals surface area contributed by atoms with Crippen LogP contribution in [0.5, 0.6) is 11.5 Å². The molecule has 1 fully saturated rings. The van der Waals surface area contributed by atoms with Gasteiger partial charge in [0.1, 0.15) is 29.2 Å². The smallest absolute Gasteiger partial charge is 0.242 e. The van der Waals surface area contributed by atoms with Crippen LogP contribution in [0, 0.1) is 11.6 Å². The summed E-state index contributed by atoms with van der Waals surface area (Å²) in [5.41, 5.74) is 6.88. The lowest BCUT2D eigenvalue weighted by Gasteiger charge is -2.15. The molecule has 138 valence electrons. The minimum absolute atomic E-state index is 0.0692. The van der Waals surface area contributed by atoms with Crippen molar-refractivity contribution in [3.8, 4) is 11.5 Å². The summed E-state index contributed by atoms with van der Waals surface area (Å²) in [6.07, 6.45) is 0.437. The Morgan fingerprint density at radius 3 is 2.46 bits per heavy atom. The van der Waals surface area contributed by atoms with Gasteiger partial charge in [0, 0.05) is 23.4 Å². The SMILES string of the molecule is COc1ccc(C2CC(C(=O)Nc3cc(F)cc(F)c3)NN2)c(OC)c1. The Kier molecular flexibility index (Phi) is 5.34. The molecule has 1 saturated heterocycles. The molecule has 1 aliphatic rings. The Labute approximate surface area is 149 Å². The number of halogens is 2. The van der Waals surface area contributed by atoms with Crippen molar-refractivity contribution in [3.05, 3.63) is 53.6 Å². The number of anilines is 1. The number of amides is 1. The second kappa shape index (κ2) is 7.67. The average Bonchev–Trinajstić information content (AvgIpc) is 3.10. The minimum Gasteiger partial charge on any atom is -0.497 e. The average molecular weight is 363 g/mol. The highest BCUT2D eigenvalue weighted by Gasteiger charge is 2.32. The number of hydrogen-bond donors (Lipinski definition) is 3. The molecule has 0 aromatic heterocycles. The molecule has 2 unspecified atom stereocenters. The molecule has 2 aromatic rings. The highest BCUT2D eigenvalue weighted by atomic mass is 19.1. The van der Waals surface area contributed by atoms with Crippen LogP contribution in [0.15, 0.2) is 36.4 Å². The molecule has 26 heavy (non-hydrogen) atoms. The van der Waals surface area contributed by atoms with Crippen molar-refractivity contribution in [1.29, 1.82) is 0 Å². The van der Waals surface area contributed by atoms with E-state index in [-0.39, 0.29) is 11.7 Å². The number of hydrazine groups is 1. The summed E-state index contributed by atoms with van der Waals surface area (Å²) in [4.78, 5) is 12.4. The van der Waals surface area contributed by atoms with Crippen molar-refractivity contribution in [2.45, 2.75) is 18.5 Å². The van der Waals surface area contributed by atoms with Crippen molar-refractivity contribution in [3.63, 3.8) is 0 Å². The second-order valence-electron chi connectivity index (χ2n) is 5.88. The predicted molar refractivity (Wildman–Crippen MR) is 92.0 cm³/mol. The molecule has 0 radical (unpaired) electrons. The number of benzene rings is 2. The minimum atomic E-state index is -0.751. The molecule has 8 heteroatoms. The van der Waals surface area contributed by atoms with Crippen LogP contribution < -0.4 is 25.6 Å². The van der Waals surface area contributed by atoms with E-state index in [1.54, 1.807) is 20.3 Å². The zero-order valence-electron chi connectivity index (χ0n) is 14.3. The van der Waals surface area contributed by atoms with Gasteiger partial charge in [0.05, 0.1) is 20.3 Å². The predicted octanol–water partition coefficient (Wildman–Crippen LogP) is 2.53. The van der Waals surface area contributed by atoms with Gasteiger partial charge in [-0.1, -0.05) is 6.07 Å². The van der Waals surface area contributed by atoms with E-state index in [0.29, 0.717) is 17.9 Å². The number of ether oxygens (including phenoxy) is 2. The van der Waals surface area contributed by atoms with Crippen LogP contribution in [0.25, 0.3) is 0 Å². The molecule has 3 N–H and O–H groups in total. The quantitative estimate of drug-likeness (QED) is 0.762. The van der Waals surface area contributed by atoms with Crippen molar-refractivity contribution >= 4 is 11.6 Å². The fourth-order valence-electron chi connectivity index (χ4n) is 2.89. The van der Waals surface area contributed by atoms with Crippen molar-refractivity contribution < 1.29 is 23.0 Å². The summed E-state index contributed by atoms with van der Waals surface area (Å²) in [6.45, 7) is 0. The van der Waals surface area contributed by atoms with Gasteiger partial charge in [-0.25, -0.2) is 19.6 Å². The fraction of sp³-hybridized carbons (Fsp3) is 0.278. The third-order valence-corrected chi connectivity index (χ3v) is 4.17. The number of methoxy groups -OCH3 is 2. The van der Waals surface area contributed by atoms with E-state index in [0.717, 1.165) is 23.8 Å². The lowest BCUT2D eigenvalue weighted by molar-refractivity contribution is -0.117. The molecular weight excluding hydrogens is 344 g/mol. The van der Waals surface area contributed by atoms with E-state index in [1.165, 1.54) is 0 Å². The first-order valence-corrected chi connectivity index (χ1v) is 8.00. The van der Waals surface area contributed by atoms with Gasteiger partial charge < -0.3 is 14.8 Å². The lowest BCUT2D eigenvalue weighted by Crippen LogP contribution is -2.39. The van der Waals surface area contributed by atoms with E-state index in [2.05, 4.69) is 16.2 Å². The fourth-order valence-corrected chi connectivity index (χ4v) is 2.89. The molecule has 0 saturated carbocycles. The maximum Gasteiger partial charge on any atom is 0.242 e. The molecule has 0 spiro atoms. The van der Waals surface area contributed by atoms with Crippen LogP contribution in [0.4, 0.5) is 14.5 Å². The number of rotatable bonds is 5. The Balaban J connectivity index is 1.69. The number of nitrogens with one attached hydrogen (secondary N) is 3. The van der Waals surface area contributed by atoms with Gasteiger partial charge in [0.15, 0.2) is 0 Å². The largest absolute Gasteiger partial charge is 0.497 e. The third-order valence-electron chi connectivity index (χ3n) is 4.17. The maximum absolute atomic E-state index is 13.2. The van der Waals surface area contributed by atoms with E-state index >= 15 is 0 Å². The zero-order valence-corrected chi connectivity index (χ0v) is 14.3. The van der Waals surface area contributed by atoms with E-state index < -0.39 is 23.6 Å². The molecular formula is C18H19F2N3O3. The molecule has 1 heterocycles. The number of carbonyl (C=O) groups is 1. The molecule has 2 aromatic carbocycles. The first-order valence-electron chi connectivity index (χ1n) is 8.00. The summed E-state index contributed by atoms with van der Waals surface area (Å²) in [6, 6.07) is 7.56. The first-order chi connectivity index (χ1) is 12.5. The monoisotopic (exact) mass is 363 g/mol. The Morgan fingerprint density at radius 1 is 1.08 bits per heavy atom. The zero-order chi connectivity index (χ0) is 18.7. The molecule has 0 bridgehead atoms. The molecule has 2 atom stereocenters. The summed E-state index contributed by atoms with van der Waals surface area (Å²) in [7, 11) is 3.13. The van der Waals surface area contributed by atoms with E-state index in [1.807, 2.05) is 12.1 Å². The van der Waals surface area contributed by atoms with Crippen LogP contribution in [-0.2, 0) is 4.79 Å². The Bertz CT molecular complexity index is 796. The van der Waals surface area contributed by atoms with Gasteiger partial charge in [0.25, 0.3) is 0 Å². The van der Waals surface area contributed by atoms with Crippen molar-refractivity contribution in [2.75, 3.05) is 19.5 Å². The summed E-state index contributed by atoms with van der Waals surface area (Å²) in [5, 5.41) is 2.51. The van der Waals surface area contributed by atoms with Crippen molar-refractivity contribution in [2.24, 2.45) is 0 Å². The summed E-state index contributed by atoms with van der Waals surface area (Å²) >= 11 is 0. The highest BCUT2D eigenvalue weighted by Crippen LogP contribution is 2.33. The Hall–Kier alpha value is -2.71. The number of hydrogen-bond acceptors (Lipinski definition) is 5. The van der Waals surface area contributed by atoms with Crippen LogP contribution in [-0.4, -0.2) is 26.2 Å². The number of carbonyl (C=O) groups excluding carboxylic acids is 1. The van der Waals surface area contributed by atoms with Crippen LogP contribution in [0.2, 0.25) is 0 Å². The van der Waals surface area contributed by atoms with Crippen LogP contribution >= 0.6 is 0 Å².